The monoisotopic (exact) mass is 348 g/mol. The first-order valence-electron chi connectivity index (χ1n) is 9.55. The molecule has 0 N–H and O–H groups in total. The summed E-state index contributed by atoms with van der Waals surface area (Å²) in [5, 5.41) is 0. The smallest absolute Gasteiger partial charge is 0.228 e. The Morgan fingerprint density at radius 3 is 2.52 bits per heavy atom. The normalized spacial score (nSPS) is 19.0. The summed E-state index contributed by atoms with van der Waals surface area (Å²) in [6.45, 7) is 11.7. The lowest BCUT2D eigenvalue weighted by Gasteiger charge is -2.35. The van der Waals surface area contributed by atoms with Crippen LogP contribution in [-0.4, -0.2) is 41.4 Å². The first-order valence-corrected chi connectivity index (χ1v) is 9.55. The van der Waals surface area contributed by atoms with Gasteiger partial charge in [0.15, 0.2) is 0 Å². The molecular formula is C21H33FN2O. The van der Waals surface area contributed by atoms with Crippen molar-refractivity contribution in [2.75, 3.05) is 19.6 Å². The van der Waals surface area contributed by atoms with Crippen molar-refractivity contribution in [3.8, 4) is 0 Å². The van der Waals surface area contributed by atoms with Crippen LogP contribution in [0.5, 0.6) is 0 Å². The van der Waals surface area contributed by atoms with Gasteiger partial charge < -0.3 is 9.80 Å². The van der Waals surface area contributed by atoms with E-state index in [2.05, 4.69) is 11.8 Å². The summed E-state index contributed by atoms with van der Waals surface area (Å²) in [7, 11) is 0. The van der Waals surface area contributed by atoms with E-state index in [1.54, 1.807) is 12.1 Å². The maximum Gasteiger partial charge on any atom is 0.228 e. The van der Waals surface area contributed by atoms with Gasteiger partial charge in [-0.1, -0.05) is 39.3 Å². The standard InChI is InChI=1S/C21H33FN2O/c1-17-8-5-6-13-23(17)14-7-15-24(20(25)21(2,3)4)16-18-9-11-19(22)12-10-18/h9-12,17H,5-8,13-16H2,1-4H3. The van der Waals surface area contributed by atoms with Crippen molar-refractivity contribution >= 4 is 5.91 Å². The molecule has 2 rings (SSSR count). The topological polar surface area (TPSA) is 23.6 Å². The number of piperidine rings is 1. The highest BCUT2D eigenvalue weighted by Gasteiger charge is 2.27. The Balaban J connectivity index is 1.96. The lowest BCUT2D eigenvalue weighted by Crippen LogP contribution is -2.42. The fraction of sp³-hybridized carbons (Fsp3) is 0.667. The van der Waals surface area contributed by atoms with E-state index in [0.29, 0.717) is 12.6 Å². The summed E-state index contributed by atoms with van der Waals surface area (Å²) < 4.78 is 13.1. The molecule has 1 aromatic carbocycles. The van der Waals surface area contributed by atoms with Crippen molar-refractivity contribution in [1.29, 1.82) is 0 Å². The van der Waals surface area contributed by atoms with Crippen LogP contribution < -0.4 is 0 Å². The minimum atomic E-state index is -0.404. The average Bonchev–Trinajstić information content (AvgIpc) is 2.56. The third-order valence-electron chi connectivity index (χ3n) is 5.03. The quantitative estimate of drug-likeness (QED) is 0.757. The molecule has 1 aromatic rings. The van der Waals surface area contributed by atoms with Crippen LogP contribution in [0.2, 0.25) is 0 Å². The van der Waals surface area contributed by atoms with E-state index in [1.165, 1.54) is 37.9 Å². The highest BCUT2D eigenvalue weighted by atomic mass is 19.1. The van der Waals surface area contributed by atoms with Gasteiger partial charge in [0.2, 0.25) is 5.91 Å². The van der Waals surface area contributed by atoms with E-state index in [4.69, 9.17) is 0 Å². The first kappa shape index (κ1) is 19.9. The summed E-state index contributed by atoms with van der Waals surface area (Å²) >= 11 is 0. The second kappa shape index (κ2) is 8.79. The summed E-state index contributed by atoms with van der Waals surface area (Å²) in [6, 6.07) is 7.11. The van der Waals surface area contributed by atoms with Crippen LogP contribution in [0.1, 0.15) is 58.9 Å². The van der Waals surface area contributed by atoms with Crippen LogP contribution in [0, 0.1) is 11.2 Å². The third kappa shape index (κ3) is 6.10. The van der Waals surface area contributed by atoms with Gasteiger partial charge >= 0.3 is 0 Å². The fourth-order valence-corrected chi connectivity index (χ4v) is 3.49. The van der Waals surface area contributed by atoms with Crippen LogP contribution in [0.25, 0.3) is 0 Å². The zero-order chi connectivity index (χ0) is 18.4. The zero-order valence-corrected chi connectivity index (χ0v) is 16.2. The number of rotatable bonds is 6. The molecule has 25 heavy (non-hydrogen) atoms. The molecule has 0 radical (unpaired) electrons. The van der Waals surface area contributed by atoms with Crippen molar-refractivity contribution < 1.29 is 9.18 Å². The van der Waals surface area contributed by atoms with Crippen molar-refractivity contribution in [3.05, 3.63) is 35.6 Å². The van der Waals surface area contributed by atoms with E-state index in [9.17, 15) is 9.18 Å². The van der Waals surface area contributed by atoms with Crippen LogP contribution >= 0.6 is 0 Å². The van der Waals surface area contributed by atoms with Crippen LogP contribution in [0.3, 0.4) is 0 Å². The molecule has 1 aliphatic heterocycles. The van der Waals surface area contributed by atoms with Crippen molar-refractivity contribution in [1.82, 2.24) is 9.80 Å². The summed E-state index contributed by atoms with van der Waals surface area (Å²) in [6.07, 6.45) is 4.87. The predicted molar refractivity (Wildman–Crippen MR) is 101 cm³/mol. The number of carbonyl (C=O) groups is 1. The van der Waals surface area contributed by atoms with Crippen LogP contribution in [0.15, 0.2) is 24.3 Å². The lowest BCUT2D eigenvalue weighted by atomic mass is 9.94. The van der Waals surface area contributed by atoms with Gasteiger partial charge in [-0.2, -0.15) is 0 Å². The predicted octanol–water partition coefficient (Wildman–Crippen LogP) is 4.46. The van der Waals surface area contributed by atoms with Gasteiger partial charge in [-0.25, -0.2) is 4.39 Å². The molecule has 140 valence electrons. The molecule has 1 amide bonds. The summed E-state index contributed by atoms with van der Waals surface area (Å²) in [4.78, 5) is 17.3. The Kier molecular flexibility index (Phi) is 7.00. The maximum absolute atomic E-state index is 13.1. The fourth-order valence-electron chi connectivity index (χ4n) is 3.49. The van der Waals surface area contributed by atoms with Crippen LogP contribution in [-0.2, 0) is 11.3 Å². The number of carbonyl (C=O) groups excluding carboxylic acids is 1. The molecule has 4 heteroatoms. The first-order chi connectivity index (χ1) is 11.8. The van der Waals surface area contributed by atoms with Gasteiger partial charge in [-0.15, -0.1) is 0 Å². The molecule has 1 fully saturated rings. The molecule has 1 aliphatic rings. The molecule has 1 saturated heterocycles. The van der Waals surface area contributed by atoms with Gasteiger partial charge in [-0.05, 0) is 50.4 Å². The Bertz CT molecular complexity index is 550. The van der Waals surface area contributed by atoms with Crippen LogP contribution in [0.4, 0.5) is 4.39 Å². The molecule has 0 bridgehead atoms. The highest BCUT2D eigenvalue weighted by molar-refractivity contribution is 5.81. The van der Waals surface area contributed by atoms with Gasteiger partial charge in [0.05, 0.1) is 0 Å². The molecule has 3 nitrogen and oxygen atoms in total. The number of hydrogen-bond donors (Lipinski definition) is 0. The van der Waals surface area contributed by atoms with Gasteiger partial charge in [0.25, 0.3) is 0 Å². The molecule has 1 unspecified atom stereocenters. The number of likely N-dealkylation sites (tertiary alicyclic amines) is 1. The summed E-state index contributed by atoms with van der Waals surface area (Å²) in [5.41, 5.74) is 0.573. The van der Waals surface area contributed by atoms with E-state index in [0.717, 1.165) is 25.1 Å². The molecule has 1 atom stereocenters. The van der Waals surface area contributed by atoms with E-state index in [-0.39, 0.29) is 11.7 Å². The minimum absolute atomic E-state index is 0.156. The molecule has 0 aliphatic carbocycles. The Labute approximate surface area is 152 Å². The maximum atomic E-state index is 13.1. The van der Waals surface area contributed by atoms with Crippen molar-refractivity contribution in [3.63, 3.8) is 0 Å². The number of halogens is 1. The second-order valence-electron chi connectivity index (χ2n) is 8.34. The van der Waals surface area contributed by atoms with E-state index >= 15 is 0 Å². The van der Waals surface area contributed by atoms with E-state index < -0.39 is 5.41 Å². The molecule has 1 heterocycles. The summed E-state index contributed by atoms with van der Waals surface area (Å²) in [5.74, 6) is -0.0833. The number of nitrogens with zero attached hydrogens (tertiary/aromatic N) is 2. The third-order valence-corrected chi connectivity index (χ3v) is 5.03. The van der Waals surface area contributed by atoms with Gasteiger partial charge in [0.1, 0.15) is 5.82 Å². The highest BCUT2D eigenvalue weighted by Crippen LogP contribution is 2.21. The Morgan fingerprint density at radius 2 is 1.92 bits per heavy atom. The molecule has 0 saturated carbocycles. The minimum Gasteiger partial charge on any atom is -0.338 e. The zero-order valence-electron chi connectivity index (χ0n) is 16.2. The second-order valence-corrected chi connectivity index (χ2v) is 8.34. The van der Waals surface area contributed by atoms with E-state index in [1.807, 2.05) is 25.7 Å². The lowest BCUT2D eigenvalue weighted by molar-refractivity contribution is -0.140. The van der Waals surface area contributed by atoms with Gasteiger partial charge in [0, 0.05) is 31.1 Å². The average molecular weight is 349 g/mol. The number of hydrogen-bond acceptors (Lipinski definition) is 2. The molecule has 0 aromatic heterocycles. The number of amides is 1. The van der Waals surface area contributed by atoms with Gasteiger partial charge in [-0.3, -0.25) is 4.79 Å². The SMILES string of the molecule is CC1CCCCN1CCCN(Cc1ccc(F)cc1)C(=O)C(C)(C)C. The Morgan fingerprint density at radius 1 is 1.24 bits per heavy atom. The molecular weight excluding hydrogens is 315 g/mol. The largest absolute Gasteiger partial charge is 0.338 e. The van der Waals surface area contributed by atoms with Crippen molar-refractivity contribution in [2.24, 2.45) is 5.41 Å². The number of benzene rings is 1. The van der Waals surface area contributed by atoms with Crippen molar-refractivity contribution in [2.45, 2.75) is 66.0 Å². The molecule has 0 spiro atoms. The Hall–Kier alpha value is -1.42.